The fourth-order valence-corrected chi connectivity index (χ4v) is 7.13. The summed E-state index contributed by atoms with van der Waals surface area (Å²) in [7, 11) is 2.63. The summed E-state index contributed by atoms with van der Waals surface area (Å²) >= 11 is 1.79. The number of hydrogen-bond donors (Lipinski definition) is 2. The standard InChI is InChI=1S/C23H17F3N2O6S2/c1-33-12-7-9(8-13(34-2)16(12)29)14-15-18(35-19-17(14)36-22(32)27-19)21(31)28(20(15)30)11-6-4-3-5-10(11)23(24,25)26/h3-8,14-15,18,29H,1-2H3,(H,27,32)/t14-,15?,18?/m1/s1. The minimum atomic E-state index is -4.79. The Balaban J connectivity index is 1.70. The van der Waals surface area contributed by atoms with Crippen LogP contribution in [-0.4, -0.2) is 41.4 Å². The van der Waals surface area contributed by atoms with Gasteiger partial charge in [-0.3, -0.25) is 14.4 Å². The van der Waals surface area contributed by atoms with Gasteiger partial charge in [-0.05, 0) is 29.8 Å². The molecular weight excluding hydrogens is 521 g/mol. The van der Waals surface area contributed by atoms with Crippen molar-refractivity contribution in [1.82, 2.24) is 4.98 Å². The van der Waals surface area contributed by atoms with E-state index in [9.17, 15) is 32.7 Å². The largest absolute Gasteiger partial charge is 0.502 e. The van der Waals surface area contributed by atoms with Gasteiger partial charge in [0.05, 0.1) is 36.4 Å². The van der Waals surface area contributed by atoms with Crippen molar-refractivity contribution in [3.05, 3.63) is 62.1 Å². The number of H-pyrrole nitrogens is 1. The summed E-state index contributed by atoms with van der Waals surface area (Å²) < 4.78 is 51.7. The van der Waals surface area contributed by atoms with Crippen LogP contribution in [0.2, 0.25) is 0 Å². The Labute approximate surface area is 209 Å². The van der Waals surface area contributed by atoms with Crippen LogP contribution in [0.5, 0.6) is 17.2 Å². The summed E-state index contributed by atoms with van der Waals surface area (Å²) in [6.07, 6.45) is -4.79. The highest BCUT2D eigenvalue weighted by molar-refractivity contribution is 8.00. The summed E-state index contributed by atoms with van der Waals surface area (Å²) in [6.45, 7) is 0. The topological polar surface area (TPSA) is 109 Å². The van der Waals surface area contributed by atoms with E-state index in [4.69, 9.17) is 9.47 Å². The number of imide groups is 1. The number of anilines is 1. The third-order valence-corrected chi connectivity index (χ3v) is 8.54. The molecule has 188 valence electrons. The summed E-state index contributed by atoms with van der Waals surface area (Å²) in [4.78, 5) is 42.7. The van der Waals surface area contributed by atoms with Crippen LogP contribution in [-0.2, 0) is 15.8 Å². The smallest absolute Gasteiger partial charge is 0.418 e. The van der Waals surface area contributed by atoms with E-state index in [1.807, 2.05) is 0 Å². The lowest BCUT2D eigenvalue weighted by atomic mass is 9.83. The molecule has 2 unspecified atom stereocenters. The molecule has 0 saturated carbocycles. The molecule has 3 heterocycles. The predicted molar refractivity (Wildman–Crippen MR) is 125 cm³/mol. The van der Waals surface area contributed by atoms with Gasteiger partial charge in [-0.1, -0.05) is 35.2 Å². The number of aromatic amines is 1. The number of methoxy groups -OCH3 is 2. The van der Waals surface area contributed by atoms with Gasteiger partial charge < -0.3 is 19.6 Å². The van der Waals surface area contributed by atoms with E-state index in [0.717, 1.165) is 35.2 Å². The van der Waals surface area contributed by atoms with Gasteiger partial charge in [0.2, 0.25) is 17.6 Å². The van der Waals surface area contributed by atoms with Crippen LogP contribution >= 0.6 is 23.1 Å². The van der Waals surface area contributed by atoms with Crippen LogP contribution in [0.1, 0.15) is 21.9 Å². The maximum absolute atomic E-state index is 13.7. The summed E-state index contributed by atoms with van der Waals surface area (Å²) in [5, 5.41) is 9.61. The van der Waals surface area contributed by atoms with Gasteiger partial charge in [-0.2, -0.15) is 13.2 Å². The van der Waals surface area contributed by atoms with Gasteiger partial charge in [0.25, 0.3) is 0 Å². The second kappa shape index (κ2) is 8.59. The molecular formula is C23H17F3N2O6S2. The van der Waals surface area contributed by atoms with Crippen molar-refractivity contribution < 1.29 is 37.3 Å². The van der Waals surface area contributed by atoms with Crippen molar-refractivity contribution in [1.29, 1.82) is 0 Å². The summed E-state index contributed by atoms with van der Waals surface area (Å²) in [5.41, 5.74) is -1.27. The molecule has 3 atom stereocenters. The van der Waals surface area contributed by atoms with Crippen molar-refractivity contribution in [2.75, 3.05) is 19.1 Å². The molecule has 2 N–H and O–H groups in total. The third-order valence-electron chi connectivity index (χ3n) is 6.14. The lowest BCUT2D eigenvalue weighted by molar-refractivity contribution is -0.137. The van der Waals surface area contributed by atoms with E-state index in [1.165, 1.54) is 38.5 Å². The average Bonchev–Trinajstić information content (AvgIpc) is 3.33. The first-order valence-electron chi connectivity index (χ1n) is 10.4. The van der Waals surface area contributed by atoms with Crippen LogP contribution in [0, 0.1) is 5.92 Å². The van der Waals surface area contributed by atoms with Gasteiger partial charge in [-0.25, -0.2) is 4.90 Å². The van der Waals surface area contributed by atoms with Crippen LogP contribution in [0.25, 0.3) is 0 Å². The number of hydrogen-bond acceptors (Lipinski definition) is 8. The predicted octanol–water partition coefficient (Wildman–Crippen LogP) is 3.97. The van der Waals surface area contributed by atoms with E-state index < -0.39 is 51.2 Å². The zero-order chi connectivity index (χ0) is 25.9. The monoisotopic (exact) mass is 538 g/mol. The van der Waals surface area contributed by atoms with Crippen LogP contribution in [0.15, 0.2) is 46.2 Å². The second-order valence-corrected chi connectivity index (χ2v) is 10.2. The Morgan fingerprint density at radius 1 is 1.03 bits per heavy atom. The van der Waals surface area contributed by atoms with Crippen molar-refractivity contribution in [2.45, 2.75) is 22.4 Å². The number of ether oxygens (including phenoxy) is 2. The molecule has 5 rings (SSSR count). The quantitative estimate of drug-likeness (QED) is 0.484. The van der Waals surface area contributed by atoms with E-state index in [-0.39, 0.29) is 17.2 Å². The number of carbonyl (C=O) groups is 2. The number of benzene rings is 2. The Morgan fingerprint density at radius 2 is 1.67 bits per heavy atom. The fraction of sp³-hybridized carbons (Fsp3) is 0.261. The Hall–Kier alpha value is -3.45. The number of nitrogens with one attached hydrogen (secondary N) is 1. The highest BCUT2D eigenvalue weighted by Crippen LogP contribution is 2.55. The highest BCUT2D eigenvalue weighted by atomic mass is 32.2. The number of para-hydroxylation sites is 1. The first-order valence-corrected chi connectivity index (χ1v) is 12.1. The number of amides is 2. The minimum Gasteiger partial charge on any atom is -0.502 e. The van der Waals surface area contributed by atoms with Crippen molar-refractivity contribution in [3.8, 4) is 17.2 Å². The van der Waals surface area contributed by atoms with E-state index in [1.54, 1.807) is 0 Å². The Bertz CT molecular complexity index is 1430. The molecule has 2 aromatic carbocycles. The zero-order valence-electron chi connectivity index (χ0n) is 18.6. The normalized spacial score (nSPS) is 21.4. The van der Waals surface area contributed by atoms with Crippen LogP contribution in [0.4, 0.5) is 18.9 Å². The molecule has 1 fully saturated rings. The fourth-order valence-electron chi connectivity index (χ4n) is 4.62. The Kier molecular flexibility index (Phi) is 5.79. The van der Waals surface area contributed by atoms with Crippen molar-refractivity contribution in [3.63, 3.8) is 0 Å². The van der Waals surface area contributed by atoms with Crippen molar-refractivity contribution >= 4 is 40.6 Å². The number of halogens is 3. The molecule has 13 heteroatoms. The number of aromatic hydroxyl groups is 1. The molecule has 0 spiro atoms. The lowest BCUT2D eigenvalue weighted by Gasteiger charge is -2.30. The molecule has 1 saturated heterocycles. The molecule has 2 aliphatic rings. The average molecular weight is 539 g/mol. The number of alkyl halides is 3. The molecule has 0 aliphatic carbocycles. The number of carbonyl (C=O) groups excluding carboxylic acids is 2. The van der Waals surface area contributed by atoms with E-state index >= 15 is 0 Å². The molecule has 0 radical (unpaired) electrons. The van der Waals surface area contributed by atoms with Gasteiger partial charge in [0.1, 0.15) is 5.25 Å². The zero-order valence-corrected chi connectivity index (χ0v) is 20.2. The van der Waals surface area contributed by atoms with Crippen LogP contribution in [0.3, 0.4) is 0 Å². The number of rotatable bonds is 4. The lowest BCUT2D eigenvalue weighted by Crippen LogP contribution is -2.33. The maximum Gasteiger partial charge on any atom is 0.418 e. The van der Waals surface area contributed by atoms with Gasteiger partial charge in [-0.15, -0.1) is 0 Å². The van der Waals surface area contributed by atoms with Crippen molar-refractivity contribution in [2.24, 2.45) is 5.92 Å². The molecule has 2 aliphatic heterocycles. The number of nitrogens with zero attached hydrogens (tertiary/aromatic N) is 1. The second-order valence-electron chi connectivity index (χ2n) is 8.05. The maximum atomic E-state index is 13.7. The highest BCUT2D eigenvalue weighted by Gasteiger charge is 2.57. The number of aromatic nitrogens is 1. The number of phenols is 1. The minimum absolute atomic E-state index is 0.0274. The number of fused-ring (bicyclic) bond motifs is 2. The number of thioether (sulfide) groups is 1. The number of thiazole rings is 1. The van der Waals surface area contributed by atoms with Gasteiger partial charge in [0, 0.05) is 10.8 Å². The molecule has 3 aromatic rings. The molecule has 0 bridgehead atoms. The first kappa shape index (κ1) is 24.3. The van der Waals surface area contributed by atoms with E-state index in [0.29, 0.717) is 20.4 Å². The summed E-state index contributed by atoms with van der Waals surface area (Å²) in [5.74, 6) is -3.88. The summed E-state index contributed by atoms with van der Waals surface area (Å²) in [6, 6.07) is 7.30. The molecule has 1 aromatic heterocycles. The molecule has 8 nitrogen and oxygen atoms in total. The first-order chi connectivity index (χ1) is 17.1. The SMILES string of the molecule is COc1cc([C@H]2c3sc(=O)[nH]c3SC3C(=O)N(c4ccccc4C(F)(F)F)C(=O)C32)cc(OC)c1O. The number of phenolic OH excluding ortho intramolecular Hbond substituents is 1. The van der Waals surface area contributed by atoms with Gasteiger partial charge in [0.15, 0.2) is 11.5 Å². The van der Waals surface area contributed by atoms with E-state index in [2.05, 4.69) is 4.98 Å². The molecule has 2 amide bonds. The third kappa shape index (κ3) is 3.64. The molecule has 36 heavy (non-hydrogen) atoms. The Morgan fingerprint density at radius 3 is 2.28 bits per heavy atom. The van der Waals surface area contributed by atoms with Gasteiger partial charge >= 0.3 is 11.0 Å². The van der Waals surface area contributed by atoms with Crippen LogP contribution < -0.4 is 19.2 Å².